The van der Waals surface area contributed by atoms with E-state index < -0.39 is 0 Å². The highest BCUT2D eigenvalue weighted by atomic mass is 16.5. The standard InChI is InChI=1S/C8H16O3/c1-7(10)4-6-11-8(2)3-5-9/h8-9H,3-6H2,1-2H3. The molecule has 0 radical (unpaired) electrons. The van der Waals surface area contributed by atoms with Crippen LogP contribution in [0, 0.1) is 0 Å². The molecule has 0 aromatic rings. The summed E-state index contributed by atoms with van der Waals surface area (Å²) in [7, 11) is 0. The molecule has 0 aromatic heterocycles. The van der Waals surface area contributed by atoms with Gasteiger partial charge in [-0.2, -0.15) is 0 Å². The fourth-order valence-corrected chi connectivity index (χ4v) is 0.669. The number of hydrogen-bond acceptors (Lipinski definition) is 3. The maximum absolute atomic E-state index is 10.5. The van der Waals surface area contributed by atoms with E-state index in [1.807, 2.05) is 6.92 Å². The third-order valence-electron chi connectivity index (χ3n) is 1.39. The van der Waals surface area contributed by atoms with Crippen LogP contribution in [0.3, 0.4) is 0 Å². The van der Waals surface area contributed by atoms with Crippen LogP contribution in [0.25, 0.3) is 0 Å². The van der Waals surface area contributed by atoms with Crippen molar-refractivity contribution < 1.29 is 14.6 Å². The molecule has 0 saturated carbocycles. The second-order valence-electron chi connectivity index (χ2n) is 2.65. The molecule has 0 aliphatic rings. The van der Waals surface area contributed by atoms with Gasteiger partial charge in [-0.25, -0.2) is 0 Å². The number of carbonyl (C=O) groups is 1. The van der Waals surface area contributed by atoms with Gasteiger partial charge in [-0.15, -0.1) is 0 Å². The molecule has 1 unspecified atom stereocenters. The highest BCUT2D eigenvalue weighted by Crippen LogP contribution is 1.97. The van der Waals surface area contributed by atoms with Gasteiger partial charge in [0.15, 0.2) is 0 Å². The summed E-state index contributed by atoms with van der Waals surface area (Å²) in [5, 5.41) is 8.50. The van der Waals surface area contributed by atoms with E-state index in [4.69, 9.17) is 9.84 Å². The van der Waals surface area contributed by atoms with Crippen LogP contribution < -0.4 is 0 Å². The summed E-state index contributed by atoms with van der Waals surface area (Å²) in [4.78, 5) is 10.5. The van der Waals surface area contributed by atoms with Gasteiger partial charge in [0, 0.05) is 13.0 Å². The highest BCUT2D eigenvalue weighted by Gasteiger charge is 2.00. The van der Waals surface area contributed by atoms with Crippen LogP contribution in [0.15, 0.2) is 0 Å². The van der Waals surface area contributed by atoms with Crippen LogP contribution in [0.1, 0.15) is 26.7 Å². The molecule has 0 aliphatic heterocycles. The molecule has 0 heterocycles. The Balaban J connectivity index is 3.16. The van der Waals surface area contributed by atoms with E-state index in [9.17, 15) is 4.79 Å². The summed E-state index contributed by atoms with van der Waals surface area (Å²) in [6.45, 7) is 4.04. The number of aliphatic hydroxyl groups excluding tert-OH is 1. The zero-order valence-electron chi connectivity index (χ0n) is 7.17. The summed E-state index contributed by atoms with van der Waals surface area (Å²) < 4.78 is 5.21. The maximum atomic E-state index is 10.5. The lowest BCUT2D eigenvalue weighted by atomic mass is 10.3. The topological polar surface area (TPSA) is 46.5 Å². The van der Waals surface area contributed by atoms with Crippen molar-refractivity contribution in [1.29, 1.82) is 0 Å². The van der Waals surface area contributed by atoms with Gasteiger partial charge in [-0.3, -0.25) is 4.79 Å². The Morgan fingerprint density at radius 2 is 2.27 bits per heavy atom. The molecule has 11 heavy (non-hydrogen) atoms. The quantitative estimate of drug-likeness (QED) is 0.623. The molecular formula is C8H16O3. The number of rotatable bonds is 6. The van der Waals surface area contributed by atoms with Crippen molar-refractivity contribution in [1.82, 2.24) is 0 Å². The van der Waals surface area contributed by atoms with Crippen LogP contribution in [0.4, 0.5) is 0 Å². The Labute approximate surface area is 67.4 Å². The molecule has 0 bridgehead atoms. The number of ketones is 1. The van der Waals surface area contributed by atoms with Gasteiger partial charge in [0.1, 0.15) is 5.78 Å². The first kappa shape index (κ1) is 10.6. The third-order valence-corrected chi connectivity index (χ3v) is 1.39. The van der Waals surface area contributed by atoms with Crippen molar-refractivity contribution in [3.63, 3.8) is 0 Å². The fraction of sp³-hybridized carbons (Fsp3) is 0.875. The second-order valence-corrected chi connectivity index (χ2v) is 2.65. The summed E-state index contributed by atoms with van der Waals surface area (Å²) in [5.74, 6) is 0.140. The van der Waals surface area contributed by atoms with Crippen LogP contribution >= 0.6 is 0 Å². The minimum absolute atomic E-state index is 0.0550. The number of hydrogen-bond donors (Lipinski definition) is 1. The van der Waals surface area contributed by atoms with Gasteiger partial charge < -0.3 is 9.84 Å². The number of carbonyl (C=O) groups excluding carboxylic acids is 1. The van der Waals surface area contributed by atoms with Crippen molar-refractivity contribution in [2.24, 2.45) is 0 Å². The van der Waals surface area contributed by atoms with E-state index in [-0.39, 0.29) is 18.5 Å². The number of Topliss-reactive ketones (excluding diaryl/α,β-unsaturated/α-hetero) is 1. The Morgan fingerprint density at radius 3 is 2.73 bits per heavy atom. The Morgan fingerprint density at radius 1 is 1.64 bits per heavy atom. The van der Waals surface area contributed by atoms with E-state index in [0.29, 0.717) is 19.4 Å². The van der Waals surface area contributed by atoms with E-state index >= 15 is 0 Å². The van der Waals surface area contributed by atoms with E-state index in [0.717, 1.165) is 0 Å². The first-order chi connectivity index (χ1) is 5.16. The maximum Gasteiger partial charge on any atom is 0.132 e. The van der Waals surface area contributed by atoms with Gasteiger partial charge in [0.2, 0.25) is 0 Å². The molecule has 1 N–H and O–H groups in total. The third kappa shape index (κ3) is 7.49. The van der Waals surface area contributed by atoms with Crippen molar-refractivity contribution in [2.75, 3.05) is 13.2 Å². The molecule has 3 nitrogen and oxygen atoms in total. The van der Waals surface area contributed by atoms with Crippen LogP contribution in [-0.2, 0) is 9.53 Å². The molecule has 1 atom stereocenters. The van der Waals surface area contributed by atoms with Crippen LogP contribution in [0.2, 0.25) is 0 Å². The van der Waals surface area contributed by atoms with Gasteiger partial charge in [0.25, 0.3) is 0 Å². The summed E-state index contributed by atoms with van der Waals surface area (Å²) in [5.41, 5.74) is 0. The molecular weight excluding hydrogens is 144 g/mol. The lowest BCUT2D eigenvalue weighted by Gasteiger charge is -2.09. The highest BCUT2D eigenvalue weighted by molar-refractivity contribution is 5.75. The Hall–Kier alpha value is -0.410. The van der Waals surface area contributed by atoms with Gasteiger partial charge in [-0.1, -0.05) is 0 Å². The first-order valence-corrected chi connectivity index (χ1v) is 3.88. The average Bonchev–Trinajstić information content (AvgIpc) is 1.87. The first-order valence-electron chi connectivity index (χ1n) is 3.88. The van der Waals surface area contributed by atoms with Gasteiger partial charge in [-0.05, 0) is 20.3 Å². The molecule has 0 aliphatic carbocycles. The minimum atomic E-state index is 0.0550. The lowest BCUT2D eigenvalue weighted by Crippen LogP contribution is -2.12. The van der Waals surface area contributed by atoms with Gasteiger partial charge in [0.05, 0.1) is 12.7 Å². The predicted molar refractivity (Wildman–Crippen MR) is 42.4 cm³/mol. The lowest BCUT2D eigenvalue weighted by molar-refractivity contribution is -0.118. The summed E-state index contributed by atoms with van der Waals surface area (Å²) >= 11 is 0. The van der Waals surface area contributed by atoms with Crippen molar-refractivity contribution in [3.05, 3.63) is 0 Å². The van der Waals surface area contributed by atoms with E-state index in [1.165, 1.54) is 0 Å². The summed E-state index contributed by atoms with van der Waals surface area (Å²) in [6.07, 6.45) is 1.16. The van der Waals surface area contributed by atoms with Gasteiger partial charge >= 0.3 is 0 Å². The SMILES string of the molecule is CC(=O)CCOC(C)CCO. The normalized spacial score (nSPS) is 13.0. The predicted octanol–water partition coefficient (Wildman–Crippen LogP) is 0.753. The minimum Gasteiger partial charge on any atom is -0.396 e. The van der Waals surface area contributed by atoms with Crippen LogP contribution in [-0.4, -0.2) is 30.2 Å². The number of aliphatic hydroxyl groups is 1. The number of ether oxygens (including phenoxy) is 1. The van der Waals surface area contributed by atoms with E-state index in [1.54, 1.807) is 6.92 Å². The van der Waals surface area contributed by atoms with Crippen molar-refractivity contribution in [3.8, 4) is 0 Å². The Bertz CT molecular complexity index is 112. The molecule has 3 heteroatoms. The Kier molecular flexibility index (Phi) is 6.07. The molecule has 0 aromatic carbocycles. The van der Waals surface area contributed by atoms with Crippen molar-refractivity contribution >= 4 is 5.78 Å². The monoisotopic (exact) mass is 160 g/mol. The van der Waals surface area contributed by atoms with Crippen molar-refractivity contribution in [2.45, 2.75) is 32.8 Å². The average molecular weight is 160 g/mol. The molecule has 0 rings (SSSR count). The smallest absolute Gasteiger partial charge is 0.132 e. The largest absolute Gasteiger partial charge is 0.396 e. The molecule has 0 saturated heterocycles. The molecule has 0 fully saturated rings. The summed E-state index contributed by atoms with van der Waals surface area (Å²) in [6, 6.07) is 0. The van der Waals surface area contributed by atoms with E-state index in [2.05, 4.69) is 0 Å². The fourth-order valence-electron chi connectivity index (χ4n) is 0.669. The second kappa shape index (κ2) is 6.31. The molecule has 0 amide bonds. The zero-order chi connectivity index (χ0) is 8.69. The zero-order valence-corrected chi connectivity index (χ0v) is 7.17. The molecule has 66 valence electrons. The molecule has 0 spiro atoms. The van der Waals surface area contributed by atoms with Crippen LogP contribution in [0.5, 0.6) is 0 Å².